The number of aromatic amines is 1. The summed E-state index contributed by atoms with van der Waals surface area (Å²) in [5.74, 6) is 0.660. The molecule has 1 N–H and O–H groups in total. The number of benzene rings is 1. The highest BCUT2D eigenvalue weighted by molar-refractivity contribution is 7.22. The maximum absolute atomic E-state index is 6.08. The fraction of sp³-hybridized carbons (Fsp3) is 0. The second kappa shape index (κ2) is 4.91. The number of tetrazole rings is 1. The Bertz CT molecular complexity index is 916. The van der Waals surface area contributed by atoms with Crippen molar-refractivity contribution in [1.29, 1.82) is 0 Å². The van der Waals surface area contributed by atoms with Gasteiger partial charge in [0.1, 0.15) is 0 Å². The molecule has 0 spiro atoms. The molecule has 21 heavy (non-hydrogen) atoms. The summed E-state index contributed by atoms with van der Waals surface area (Å²) in [4.78, 5) is 5.30. The molecular formula is C14H8ClN5S. The van der Waals surface area contributed by atoms with Crippen LogP contribution in [0.5, 0.6) is 0 Å². The van der Waals surface area contributed by atoms with E-state index in [1.807, 2.05) is 36.7 Å². The molecule has 3 aromatic heterocycles. The molecule has 0 aliphatic heterocycles. The van der Waals surface area contributed by atoms with Gasteiger partial charge in [-0.2, -0.15) is 0 Å². The maximum Gasteiger partial charge on any atom is 0.189 e. The number of halogens is 1. The quantitative estimate of drug-likeness (QED) is 0.611. The van der Waals surface area contributed by atoms with Crippen LogP contribution >= 0.6 is 22.9 Å². The van der Waals surface area contributed by atoms with E-state index in [4.69, 9.17) is 11.6 Å². The predicted octanol–water partition coefficient (Wildman–Crippen LogP) is 3.80. The van der Waals surface area contributed by atoms with Crippen molar-refractivity contribution in [1.82, 2.24) is 25.6 Å². The standard InChI is InChI=1S/C14H8ClN5S/c15-9-3-1-2-8(4-9)11-6-16-7-13-10(11)5-12(21-13)14-17-19-20-18-14/h1-7H,(H,17,18,19,20). The summed E-state index contributed by atoms with van der Waals surface area (Å²) in [5, 5.41) is 15.8. The number of aromatic nitrogens is 5. The third kappa shape index (κ3) is 2.18. The number of rotatable bonds is 2. The van der Waals surface area contributed by atoms with Crippen LogP contribution in [0.25, 0.3) is 31.9 Å². The summed E-state index contributed by atoms with van der Waals surface area (Å²) >= 11 is 7.68. The molecule has 0 aliphatic rings. The van der Waals surface area contributed by atoms with E-state index in [2.05, 4.69) is 31.7 Å². The first-order valence-electron chi connectivity index (χ1n) is 6.19. The van der Waals surface area contributed by atoms with Gasteiger partial charge in [0.2, 0.25) is 0 Å². The molecule has 0 saturated heterocycles. The summed E-state index contributed by atoms with van der Waals surface area (Å²) in [6.07, 6.45) is 3.70. The highest BCUT2D eigenvalue weighted by Crippen LogP contribution is 2.37. The number of fused-ring (bicyclic) bond motifs is 1. The zero-order valence-corrected chi connectivity index (χ0v) is 12.2. The minimum atomic E-state index is 0.660. The van der Waals surface area contributed by atoms with Crippen LogP contribution in [0.3, 0.4) is 0 Å². The molecule has 0 radical (unpaired) electrons. The lowest BCUT2D eigenvalue weighted by atomic mass is 10.0. The lowest BCUT2D eigenvalue weighted by Crippen LogP contribution is -1.80. The second-order valence-electron chi connectivity index (χ2n) is 4.47. The largest absolute Gasteiger partial charge is 0.263 e. The Hall–Kier alpha value is -2.31. The van der Waals surface area contributed by atoms with Crippen molar-refractivity contribution in [3.05, 3.63) is 47.7 Å². The predicted molar refractivity (Wildman–Crippen MR) is 83.2 cm³/mol. The smallest absolute Gasteiger partial charge is 0.189 e. The zero-order valence-electron chi connectivity index (χ0n) is 10.6. The maximum atomic E-state index is 6.08. The normalized spacial score (nSPS) is 11.1. The summed E-state index contributed by atoms with van der Waals surface area (Å²) in [6.45, 7) is 0. The molecule has 4 aromatic rings. The Morgan fingerprint density at radius 2 is 2.10 bits per heavy atom. The van der Waals surface area contributed by atoms with Crippen LogP contribution in [-0.2, 0) is 0 Å². The molecule has 3 heterocycles. The summed E-state index contributed by atoms with van der Waals surface area (Å²) in [5.41, 5.74) is 2.09. The number of pyridine rings is 1. The van der Waals surface area contributed by atoms with Crippen LogP contribution in [0.1, 0.15) is 0 Å². The lowest BCUT2D eigenvalue weighted by molar-refractivity contribution is 0.881. The monoisotopic (exact) mass is 313 g/mol. The molecule has 102 valence electrons. The summed E-state index contributed by atoms with van der Waals surface area (Å²) in [6, 6.07) is 9.82. The molecule has 0 saturated carbocycles. The Labute approximate surface area is 128 Å². The summed E-state index contributed by atoms with van der Waals surface area (Å²) < 4.78 is 1.08. The van der Waals surface area contributed by atoms with Crippen LogP contribution in [0.2, 0.25) is 5.02 Å². The molecule has 0 fully saturated rings. The van der Waals surface area contributed by atoms with Crippen molar-refractivity contribution < 1.29 is 0 Å². The van der Waals surface area contributed by atoms with Crippen LogP contribution in [0.15, 0.2) is 42.7 Å². The van der Waals surface area contributed by atoms with Crippen molar-refractivity contribution in [3.8, 4) is 21.8 Å². The van der Waals surface area contributed by atoms with Crippen LogP contribution in [-0.4, -0.2) is 25.6 Å². The van der Waals surface area contributed by atoms with Crippen LogP contribution in [0.4, 0.5) is 0 Å². The molecule has 0 bridgehead atoms. The molecule has 1 aromatic carbocycles. The Morgan fingerprint density at radius 3 is 2.90 bits per heavy atom. The van der Waals surface area contributed by atoms with Gasteiger partial charge in [0.05, 0.1) is 9.58 Å². The van der Waals surface area contributed by atoms with E-state index >= 15 is 0 Å². The van der Waals surface area contributed by atoms with Crippen molar-refractivity contribution in [2.75, 3.05) is 0 Å². The second-order valence-corrected chi connectivity index (χ2v) is 5.99. The number of H-pyrrole nitrogens is 1. The van der Waals surface area contributed by atoms with E-state index in [1.54, 1.807) is 11.3 Å². The van der Waals surface area contributed by atoms with E-state index in [-0.39, 0.29) is 0 Å². The van der Waals surface area contributed by atoms with E-state index in [1.165, 1.54) is 0 Å². The highest BCUT2D eigenvalue weighted by Gasteiger charge is 2.12. The number of thiophene rings is 1. The Balaban J connectivity index is 1.94. The number of hydrogen-bond acceptors (Lipinski definition) is 5. The van der Waals surface area contributed by atoms with Crippen molar-refractivity contribution in [3.63, 3.8) is 0 Å². The van der Waals surface area contributed by atoms with Crippen molar-refractivity contribution >= 4 is 33.0 Å². The van der Waals surface area contributed by atoms with Gasteiger partial charge in [-0.15, -0.1) is 16.4 Å². The first-order chi connectivity index (χ1) is 10.3. The number of nitrogens with one attached hydrogen (secondary N) is 1. The van der Waals surface area contributed by atoms with E-state index in [0.717, 1.165) is 26.1 Å². The molecule has 0 aliphatic carbocycles. The van der Waals surface area contributed by atoms with E-state index in [0.29, 0.717) is 10.8 Å². The van der Waals surface area contributed by atoms with Gasteiger partial charge in [0.25, 0.3) is 0 Å². The summed E-state index contributed by atoms with van der Waals surface area (Å²) in [7, 11) is 0. The van der Waals surface area contributed by atoms with E-state index < -0.39 is 0 Å². The molecule has 0 atom stereocenters. The molecule has 5 nitrogen and oxygen atoms in total. The fourth-order valence-corrected chi connectivity index (χ4v) is 3.41. The highest BCUT2D eigenvalue weighted by atomic mass is 35.5. The molecule has 0 amide bonds. The third-order valence-electron chi connectivity index (χ3n) is 3.16. The SMILES string of the molecule is Clc1cccc(-c2cncc3sc(-c4nnn[nH]4)cc23)c1. The van der Waals surface area contributed by atoms with Crippen LogP contribution in [0, 0.1) is 0 Å². The Morgan fingerprint density at radius 1 is 1.14 bits per heavy atom. The molecule has 7 heteroatoms. The van der Waals surface area contributed by atoms with Gasteiger partial charge in [-0.05, 0) is 34.2 Å². The molecule has 4 rings (SSSR count). The van der Waals surface area contributed by atoms with Crippen molar-refractivity contribution in [2.24, 2.45) is 0 Å². The average molecular weight is 314 g/mol. The zero-order chi connectivity index (χ0) is 14.2. The fourth-order valence-electron chi connectivity index (χ4n) is 2.23. The first kappa shape index (κ1) is 12.4. The van der Waals surface area contributed by atoms with Gasteiger partial charge in [0.15, 0.2) is 5.82 Å². The van der Waals surface area contributed by atoms with E-state index in [9.17, 15) is 0 Å². The van der Waals surface area contributed by atoms with Crippen LogP contribution < -0.4 is 0 Å². The van der Waals surface area contributed by atoms with Gasteiger partial charge in [0, 0.05) is 28.4 Å². The molecule has 0 unspecified atom stereocenters. The van der Waals surface area contributed by atoms with Gasteiger partial charge in [-0.25, -0.2) is 5.10 Å². The first-order valence-corrected chi connectivity index (χ1v) is 7.38. The van der Waals surface area contributed by atoms with Gasteiger partial charge < -0.3 is 0 Å². The molecular weight excluding hydrogens is 306 g/mol. The minimum Gasteiger partial charge on any atom is -0.263 e. The number of nitrogens with zero attached hydrogens (tertiary/aromatic N) is 4. The lowest BCUT2D eigenvalue weighted by Gasteiger charge is -2.03. The Kier molecular flexibility index (Phi) is 2.90. The topological polar surface area (TPSA) is 67.3 Å². The van der Waals surface area contributed by atoms with Crippen molar-refractivity contribution in [2.45, 2.75) is 0 Å². The van der Waals surface area contributed by atoms with Gasteiger partial charge in [-0.1, -0.05) is 23.7 Å². The van der Waals surface area contributed by atoms with Gasteiger partial charge in [-0.3, -0.25) is 4.98 Å². The third-order valence-corrected chi connectivity index (χ3v) is 4.47. The number of hydrogen-bond donors (Lipinski definition) is 1. The average Bonchev–Trinajstić information content (AvgIpc) is 3.15. The minimum absolute atomic E-state index is 0.660. The van der Waals surface area contributed by atoms with Gasteiger partial charge >= 0.3 is 0 Å².